The molecule has 7 nitrogen and oxygen atoms in total. The number of imidazole rings is 1. The van der Waals surface area contributed by atoms with Crippen molar-refractivity contribution in [2.75, 3.05) is 13.1 Å². The molecule has 1 aliphatic heterocycles. The molecule has 11 heteroatoms. The lowest BCUT2D eigenvalue weighted by atomic mass is 10.1. The number of pyridine rings is 1. The van der Waals surface area contributed by atoms with Crippen LogP contribution in [0, 0.1) is 0 Å². The first kappa shape index (κ1) is 15.5. The predicted octanol–water partition coefficient (Wildman–Crippen LogP) is 1.94. The molecule has 1 aliphatic rings. The van der Waals surface area contributed by atoms with E-state index in [0.717, 1.165) is 15.5 Å². The lowest BCUT2D eigenvalue weighted by Crippen LogP contribution is -2.58. The number of nitrogens with zero attached hydrogens (tertiary/aromatic N) is 6. The number of hydrogen-bond acceptors (Lipinski definition) is 4. The van der Waals surface area contributed by atoms with Gasteiger partial charge in [0.1, 0.15) is 24.0 Å². The molecule has 3 aromatic heterocycles. The summed E-state index contributed by atoms with van der Waals surface area (Å²) in [6.45, 7) is -1.41. The predicted molar refractivity (Wildman–Crippen MR) is 75.9 cm³/mol. The summed E-state index contributed by atoms with van der Waals surface area (Å²) in [7, 11) is 0. The summed E-state index contributed by atoms with van der Waals surface area (Å²) < 4.78 is 54.8. The molecule has 0 aromatic carbocycles. The zero-order chi connectivity index (χ0) is 17.8. The van der Waals surface area contributed by atoms with Gasteiger partial charge in [-0.15, -0.1) is 0 Å². The SMILES string of the molecule is O=C(c1cnc2c(-n3cncn3)cc(C(F)F)cn12)N1CC(F)(F)C1. The Kier molecular flexibility index (Phi) is 3.27. The number of amides is 1. The van der Waals surface area contributed by atoms with Gasteiger partial charge in [-0.05, 0) is 6.07 Å². The molecule has 1 amide bonds. The van der Waals surface area contributed by atoms with Gasteiger partial charge in [0.05, 0.1) is 19.3 Å². The Bertz CT molecular complexity index is 944. The summed E-state index contributed by atoms with van der Waals surface area (Å²) in [5, 5.41) is 3.89. The highest BCUT2D eigenvalue weighted by Gasteiger charge is 2.47. The molecule has 0 unspecified atom stereocenters. The standard InChI is InChI=1S/C14H10F4N6O/c15-11(16)8-1-9(24-7-19-6-21-24)12-20-2-10(23(12)3-8)13(25)22-4-14(17,18)5-22/h1-3,6-7,11H,4-5H2. The van der Waals surface area contributed by atoms with Gasteiger partial charge >= 0.3 is 0 Å². The minimum atomic E-state index is -2.92. The van der Waals surface area contributed by atoms with Gasteiger partial charge in [-0.3, -0.25) is 9.20 Å². The third-order valence-corrected chi connectivity index (χ3v) is 3.88. The maximum Gasteiger partial charge on any atom is 0.282 e. The van der Waals surface area contributed by atoms with Gasteiger partial charge < -0.3 is 4.90 Å². The zero-order valence-electron chi connectivity index (χ0n) is 12.5. The monoisotopic (exact) mass is 354 g/mol. The van der Waals surface area contributed by atoms with Crippen LogP contribution in [0.1, 0.15) is 22.5 Å². The number of aromatic nitrogens is 5. The van der Waals surface area contributed by atoms with Gasteiger partial charge in [0.15, 0.2) is 5.65 Å². The Hall–Kier alpha value is -2.98. The van der Waals surface area contributed by atoms with Crippen LogP contribution >= 0.6 is 0 Å². The number of carbonyl (C=O) groups excluding carboxylic acids is 1. The molecule has 0 radical (unpaired) electrons. The highest BCUT2D eigenvalue weighted by Crippen LogP contribution is 2.29. The molecule has 0 aliphatic carbocycles. The molecule has 0 atom stereocenters. The van der Waals surface area contributed by atoms with E-state index in [9.17, 15) is 22.4 Å². The molecule has 0 spiro atoms. The number of halogens is 4. The summed E-state index contributed by atoms with van der Waals surface area (Å²) in [4.78, 5) is 21.1. The van der Waals surface area contributed by atoms with E-state index in [1.807, 2.05) is 0 Å². The molecule has 0 N–H and O–H groups in total. The Morgan fingerprint density at radius 2 is 2.04 bits per heavy atom. The first-order chi connectivity index (χ1) is 11.9. The van der Waals surface area contributed by atoms with Crippen LogP contribution in [-0.2, 0) is 0 Å². The fourth-order valence-corrected chi connectivity index (χ4v) is 2.69. The van der Waals surface area contributed by atoms with Crippen molar-refractivity contribution < 1.29 is 22.4 Å². The quantitative estimate of drug-likeness (QED) is 0.674. The molecule has 0 saturated carbocycles. The molecular weight excluding hydrogens is 344 g/mol. The van der Waals surface area contributed by atoms with Crippen molar-refractivity contribution in [1.29, 1.82) is 0 Å². The molecule has 130 valence electrons. The van der Waals surface area contributed by atoms with E-state index in [2.05, 4.69) is 15.1 Å². The summed E-state index contributed by atoms with van der Waals surface area (Å²) >= 11 is 0. The average Bonchev–Trinajstić information content (AvgIpc) is 3.20. The second kappa shape index (κ2) is 5.26. The van der Waals surface area contributed by atoms with Gasteiger partial charge in [0.2, 0.25) is 0 Å². The molecule has 1 saturated heterocycles. The Morgan fingerprint density at radius 1 is 1.28 bits per heavy atom. The number of carbonyl (C=O) groups is 1. The van der Waals surface area contributed by atoms with Crippen molar-refractivity contribution in [3.8, 4) is 5.69 Å². The summed E-state index contributed by atoms with van der Waals surface area (Å²) in [5.74, 6) is -3.62. The topological polar surface area (TPSA) is 68.3 Å². The first-order valence-corrected chi connectivity index (χ1v) is 7.17. The van der Waals surface area contributed by atoms with Gasteiger partial charge in [0, 0.05) is 11.8 Å². The van der Waals surface area contributed by atoms with Crippen molar-refractivity contribution in [1.82, 2.24) is 29.0 Å². The van der Waals surface area contributed by atoms with Crippen LogP contribution in [0.25, 0.3) is 11.3 Å². The second-order valence-electron chi connectivity index (χ2n) is 5.65. The molecule has 4 heterocycles. The van der Waals surface area contributed by atoms with Crippen molar-refractivity contribution in [2.45, 2.75) is 12.3 Å². The number of rotatable bonds is 3. The van der Waals surface area contributed by atoms with Crippen molar-refractivity contribution in [3.05, 3.63) is 42.4 Å². The van der Waals surface area contributed by atoms with Crippen LogP contribution in [0.3, 0.4) is 0 Å². The molecule has 1 fully saturated rings. The number of alkyl halides is 4. The fourth-order valence-electron chi connectivity index (χ4n) is 2.69. The minimum Gasteiger partial charge on any atom is -0.325 e. The van der Waals surface area contributed by atoms with Gasteiger partial charge in [-0.25, -0.2) is 32.2 Å². The van der Waals surface area contributed by atoms with Gasteiger partial charge in [0.25, 0.3) is 18.3 Å². The highest BCUT2D eigenvalue weighted by molar-refractivity contribution is 5.94. The lowest BCUT2D eigenvalue weighted by Gasteiger charge is -2.38. The number of fused-ring (bicyclic) bond motifs is 1. The Labute approximate surface area is 137 Å². The van der Waals surface area contributed by atoms with E-state index < -0.39 is 31.3 Å². The van der Waals surface area contributed by atoms with Gasteiger partial charge in [-0.2, -0.15) is 5.10 Å². The second-order valence-corrected chi connectivity index (χ2v) is 5.65. The maximum atomic E-state index is 13.2. The summed E-state index contributed by atoms with van der Waals surface area (Å²) in [5.41, 5.74) is -0.0535. The smallest absolute Gasteiger partial charge is 0.282 e. The van der Waals surface area contributed by atoms with Crippen LogP contribution < -0.4 is 0 Å². The lowest BCUT2D eigenvalue weighted by molar-refractivity contribution is -0.113. The van der Waals surface area contributed by atoms with Crippen molar-refractivity contribution >= 4 is 11.6 Å². The van der Waals surface area contributed by atoms with E-state index in [-0.39, 0.29) is 22.6 Å². The summed E-state index contributed by atoms with van der Waals surface area (Å²) in [6.07, 6.45) is 1.97. The third-order valence-electron chi connectivity index (χ3n) is 3.88. The molecule has 0 bridgehead atoms. The van der Waals surface area contributed by atoms with Gasteiger partial charge in [-0.1, -0.05) is 0 Å². The van der Waals surface area contributed by atoms with E-state index in [1.54, 1.807) is 0 Å². The normalized spacial score (nSPS) is 16.4. The van der Waals surface area contributed by atoms with Crippen molar-refractivity contribution in [2.24, 2.45) is 0 Å². The summed E-state index contributed by atoms with van der Waals surface area (Å²) in [6, 6.07) is 1.19. The van der Waals surface area contributed by atoms with E-state index in [4.69, 9.17) is 0 Å². The van der Waals surface area contributed by atoms with Crippen molar-refractivity contribution in [3.63, 3.8) is 0 Å². The Balaban J connectivity index is 1.83. The molecule has 4 rings (SSSR count). The highest BCUT2D eigenvalue weighted by atomic mass is 19.3. The van der Waals surface area contributed by atoms with E-state index >= 15 is 0 Å². The Morgan fingerprint density at radius 3 is 2.64 bits per heavy atom. The van der Waals surface area contributed by atoms with E-state index in [1.165, 1.54) is 29.6 Å². The molecule has 3 aromatic rings. The minimum absolute atomic E-state index is 0.0747. The number of likely N-dealkylation sites (tertiary alicyclic amines) is 1. The van der Waals surface area contributed by atoms with Crippen LogP contribution in [0.2, 0.25) is 0 Å². The first-order valence-electron chi connectivity index (χ1n) is 7.17. The average molecular weight is 354 g/mol. The molecular formula is C14H10F4N6O. The third kappa shape index (κ3) is 2.51. The fraction of sp³-hybridized carbons (Fsp3) is 0.286. The van der Waals surface area contributed by atoms with Crippen LogP contribution in [-0.4, -0.2) is 54.0 Å². The van der Waals surface area contributed by atoms with Crippen LogP contribution in [0.5, 0.6) is 0 Å². The van der Waals surface area contributed by atoms with E-state index in [0.29, 0.717) is 0 Å². The maximum absolute atomic E-state index is 13.2. The molecule has 25 heavy (non-hydrogen) atoms. The van der Waals surface area contributed by atoms with Crippen LogP contribution in [0.15, 0.2) is 31.1 Å². The zero-order valence-corrected chi connectivity index (χ0v) is 12.5. The number of hydrogen-bond donors (Lipinski definition) is 0. The largest absolute Gasteiger partial charge is 0.325 e. The van der Waals surface area contributed by atoms with Crippen LogP contribution in [0.4, 0.5) is 17.6 Å².